The molecule has 0 radical (unpaired) electrons. The second-order valence-electron chi connectivity index (χ2n) is 13.7. The number of fused-ring (bicyclic) bond motifs is 1. The number of likely N-dealkylation sites (tertiary alicyclic amines) is 1. The monoisotopic (exact) mass is 784 g/mol. The van der Waals surface area contributed by atoms with E-state index < -0.39 is 95.9 Å². The molecule has 1 fully saturated rings. The topological polar surface area (TPSA) is 331 Å². The third kappa shape index (κ3) is 12.8. The summed E-state index contributed by atoms with van der Waals surface area (Å²) in [7, 11) is 0. The minimum absolute atomic E-state index is 0.0720. The lowest BCUT2D eigenvalue weighted by Crippen LogP contribution is -2.60. The van der Waals surface area contributed by atoms with E-state index in [1.165, 1.54) is 4.90 Å². The number of aliphatic carboxylic acids is 1. The molecule has 3 rings (SSSR count). The zero-order valence-corrected chi connectivity index (χ0v) is 31.4. The molecule has 1 aliphatic rings. The Bertz CT molecular complexity index is 1780. The molecule has 0 unspecified atom stereocenters. The molecular weight excluding hydrogens is 732 g/mol. The number of hydrogen-bond acceptors (Lipinski definition) is 10. The number of carbonyl (C=O) groups is 9. The molecule has 1 aromatic carbocycles. The van der Waals surface area contributed by atoms with Crippen molar-refractivity contribution >= 4 is 64.1 Å². The van der Waals surface area contributed by atoms with E-state index in [1.807, 2.05) is 18.2 Å². The number of hydrogen-bond donors (Lipinski definition) is 10. The third-order valence-corrected chi connectivity index (χ3v) is 9.62. The van der Waals surface area contributed by atoms with Gasteiger partial charge in [0.25, 0.3) is 0 Å². The van der Waals surface area contributed by atoms with Gasteiger partial charge in [-0.05, 0) is 43.2 Å². The normalized spacial score (nSPS) is 16.4. The number of nitrogens with one attached hydrogen (secondary N) is 6. The Labute approximate surface area is 322 Å². The van der Waals surface area contributed by atoms with Crippen LogP contribution in [0.15, 0.2) is 30.5 Å². The molecule has 0 saturated carbocycles. The van der Waals surface area contributed by atoms with Gasteiger partial charge in [0, 0.05) is 42.9 Å². The fourth-order valence-electron chi connectivity index (χ4n) is 6.31. The van der Waals surface area contributed by atoms with E-state index >= 15 is 0 Å². The summed E-state index contributed by atoms with van der Waals surface area (Å²) in [6.45, 7) is 2.78. The maximum atomic E-state index is 14.0. The van der Waals surface area contributed by atoms with Crippen LogP contribution >= 0.6 is 0 Å². The van der Waals surface area contributed by atoms with E-state index in [0.29, 0.717) is 31.4 Å². The minimum Gasteiger partial charge on any atom is -0.480 e. The quantitative estimate of drug-likeness (QED) is 0.0589. The van der Waals surface area contributed by atoms with Crippen LogP contribution in [0.4, 0.5) is 0 Å². The number of primary amides is 2. The first-order chi connectivity index (χ1) is 26.6. The zero-order valence-electron chi connectivity index (χ0n) is 31.4. The average Bonchev–Trinajstić information content (AvgIpc) is 3.82. The first-order valence-corrected chi connectivity index (χ1v) is 18.4. The maximum absolute atomic E-state index is 14.0. The van der Waals surface area contributed by atoms with Crippen LogP contribution in [0, 0.1) is 5.92 Å². The molecular formula is C36H52N10O10. The number of nitrogens with zero attached hydrogens (tertiary/aromatic N) is 1. The highest BCUT2D eigenvalue weighted by atomic mass is 16.4. The van der Waals surface area contributed by atoms with Crippen molar-refractivity contribution < 1.29 is 48.3 Å². The predicted molar refractivity (Wildman–Crippen MR) is 200 cm³/mol. The fraction of sp³-hybridized carbons (Fsp3) is 0.528. The van der Waals surface area contributed by atoms with Gasteiger partial charge in [-0.25, -0.2) is 4.79 Å². The molecule has 0 spiro atoms. The molecule has 2 aromatic rings. The van der Waals surface area contributed by atoms with E-state index in [9.17, 15) is 48.3 Å². The number of para-hydroxylation sites is 1. The molecule has 56 heavy (non-hydrogen) atoms. The number of nitrogens with two attached hydrogens (primary N) is 3. The number of aromatic nitrogens is 1. The minimum atomic E-state index is -1.45. The zero-order chi connectivity index (χ0) is 41.5. The molecule has 2 heterocycles. The molecule has 1 aromatic heterocycles. The Hall–Kier alpha value is -6.05. The summed E-state index contributed by atoms with van der Waals surface area (Å²) in [5.41, 5.74) is 17.3. The summed E-state index contributed by atoms with van der Waals surface area (Å²) in [5, 5.41) is 22.8. The van der Waals surface area contributed by atoms with Gasteiger partial charge in [0.2, 0.25) is 47.3 Å². The van der Waals surface area contributed by atoms with Crippen molar-refractivity contribution in [3.63, 3.8) is 0 Å². The van der Waals surface area contributed by atoms with Crippen molar-refractivity contribution in [3.05, 3.63) is 36.0 Å². The number of carboxylic acid groups (broad SMARTS) is 1. The van der Waals surface area contributed by atoms with Crippen molar-refractivity contribution in [2.75, 3.05) is 19.6 Å². The van der Waals surface area contributed by atoms with Crippen LogP contribution in [0.25, 0.3) is 10.9 Å². The van der Waals surface area contributed by atoms with E-state index in [2.05, 4.69) is 31.6 Å². The van der Waals surface area contributed by atoms with Crippen LogP contribution in [0.5, 0.6) is 0 Å². The van der Waals surface area contributed by atoms with Crippen molar-refractivity contribution in [1.29, 1.82) is 0 Å². The lowest BCUT2D eigenvalue weighted by Gasteiger charge is -2.29. The number of carboxylic acids is 1. The summed E-state index contributed by atoms with van der Waals surface area (Å²) in [6.07, 6.45) is 1.77. The number of aromatic amines is 1. The van der Waals surface area contributed by atoms with Gasteiger partial charge in [-0.2, -0.15) is 0 Å². The average molecular weight is 785 g/mol. The van der Waals surface area contributed by atoms with Crippen LogP contribution in [0.2, 0.25) is 0 Å². The number of rotatable bonds is 22. The Kier molecular flexibility index (Phi) is 16.7. The largest absolute Gasteiger partial charge is 0.480 e. The highest BCUT2D eigenvalue weighted by Crippen LogP contribution is 2.20. The van der Waals surface area contributed by atoms with E-state index in [1.54, 1.807) is 26.1 Å². The van der Waals surface area contributed by atoms with Gasteiger partial charge < -0.3 is 58.8 Å². The van der Waals surface area contributed by atoms with Crippen LogP contribution in [0.1, 0.15) is 64.4 Å². The second-order valence-corrected chi connectivity index (χ2v) is 13.7. The molecule has 1 saturated heterocycles. The Morgan fingerprint density at radius 3 is 2.16 bits per heavy atom. The van der Waals surface area contributed by atoms with Crippen LogP contribution in [-0.2, 0) is 49.6 Å². The van der Waals surface area contributed by atoms with Gasteiger partial charge in [0.15, 0.2) is 0 Å². The van der Waals surface area contributed by atoms with Gasteiger partial charge in [-0.3, -0.25) is 38.4 Å². The third-order valence-electron chi connectivity index (χ3n) is 9.62. The van der Waals surface area contributed by atoms with Gasteiger partial charge in [0.1, 0.15) is 30.2 Å². The standard InChI is InChI=1S/C36H52N10O10/c1-3-19(2)31(45-33(52)23(10-12-27(38)47)43-34(53)26-9-6-14-46(26)30(50)16-37)35(54)44-25(15-20-17-40-22-8-5-4-7-21(20)22)32(51)41-18-29(49)42-24(36(55)56)11-13-28(39)48/h4-5,7-8,17,19,23-26,31,40H,3,6,9-16,18,37H2,1-2H3,(H2,38,47)(H2,39,48)(H,41,51)(H,42,49)(H,43,53)(H,44,54)(H,45,52)(H,55,56)/t19-,23-,24-,25-,26-,31-/m0/s1. The lowest BCUT2D eigenvalue weighted by atomic mass is 9.96. The number of H-pyrrole nitrogens is 1. The van der Waals surface area contributed by atoms with E-state index in [4.69, 9.17) is 17.2 Å². The predicted octanol–water partition coefficient (Wildman–Crippen LogP) is -2.62. The number of carbonyl (C=O) groups excluding carboxylic acids is 8. The summed E-state index contributed by atoms with van der Waals surface area (Å²) < 4.78 is 0. The molecule has 0 aliphatic carbocycles. The summed E-state index contributed by atoms with van der Waals surface area (Å²) in [6, 6.07) is 0.980. The van der Waals surface area contributed by atoms with E-state index in [-0.39, 0.29) is 38.6 Å². The first kappa shape index (κ1) is 44.3. The molecule has 6 atom stereocenters. The highest BCUT2D eigenvalue weighted by molar-refractivity contribution is 5.97. The molecule has 20 heteroatoms. The summed E-state index contributed by atoms with van der Waals surface area (Å²) >= 11 is 0. The summed E-state index contributed by atoms with van der Waals surface area (Å²) in [5.74, 6) is -7.78. The smallest absolute Gasteiger partial charge is 0.326 e. The maximum Gasteiger partial charge on any atom is 0.326 e. The van der Waals surface area contributed by atoms with E-state index in [0.717, 1.165) is 10.9 Å². The van der Waals surface area contributed by atoms with Crippen molar-refractivity contribution in [2.24, 2.45) is 23.1 Å². The molecule has 1 aliphatic heterocycles. The SMILES string of the molecule is CC[C@H](C)[C@H](NC(=O)[C@H](CCC(N)=O)NC(=O)[C@@H]1CCCN1C(=O)CN)C(=O)N[C@@H](Cc1c[nH]c2ccccc12)C(=O)NCC(=O)N[C@@H](CCC(N)=O)C(=O)O. The number of amides is 8. The molecule has 8 amide bonds. The second kappa shape index (κ2) is 21.1. The molecule has 20 nitrogen and oxygen atoms in total. The lowest BCUT2D eigenvalue weighted by molar-refractivity contribution is -0.142. The molecule has 0 bridgehead atoms. The Balaban J connectivity index is 1.83. The fourth-order valence-corrected chi connectivity index (χ4v) is 6.31. The molecule has 306 valence electrons. The van der Waals surface area contributed by atoms with Gasteiger partial charge in [-0.15, -0.1) is 0 Å². The Morgan fingerprint density at radius 1 is 0.875 bits per heavy atom. The van der Waals surface area contributed by atoms with Crippen LogP contribution < -0.4 is 43.8 Å². The Morgan fingerprint density at radius 2 is 1.54 bits per heavy atom. The van der Waals surface area contributed by atoms with Crippen molar-refractivity contribution in [3.8, 4) is 0 Å². The van der Waals surface area contributed by atoms with Gasteiger partial charge in [0.05, 0.1) is 13.1 Å². The van der Waals surface area contributed by atoms with Crippen LogP contribution in [0.3, 0.4) is 0 Å². The van der Waals surface area contributed by atoms with Crippen LogP contribution in [-0.4, -0.2) is 118 Å². The van der Waals surface area contributed by atoms with Gasteiger partial charge >= 0.3 is 5.97 Å². The van der Waals surface area contributed by atoms with Gasteiger partial charge in [-0.1, -0.05) is 38.5 Å². The summed E-state index contributed by atoms with van der Waals surface area (Å²) in [4.78, 5) is 119. The van der Waals surface area contributed by atoms with Crippen molar-refractivity contribution in [2.45, 2.75) is 95.4 Å². The molecule has 13 N–H and O–H groups in total. The highest BCUT2D eigenvalue weighted by Gasteiger charge is 2.37. The first-order valence-electron chi connectivity index (χ1n) is 18.4. The number of benzene rings is 1. The van der Waals surface area contributed by atoms with Crippen molar-refractivity contribution in [1.82, 2.24) is 36.5 Å².